The highest BCUT2D eigenvalue weighted by Gasteiger charge is 2.46. The zero-order valence-electron chi connectivity index (χ0n) is 18.3. The molecule has 1 aliphatic heterocycles. The lowest BCUT2D eigenvalue weighted by Gasteiger charge is -2.31. The Morgan fingerprint density at radius 3 is 2.55 bits per heavy atom. The highest BCUT2D eigenvalue weighted by molar-refractivity contribution is 8.02. The summed E-state index contributed by atoms with van der Waals surface area (Å²) in [4.78, 5) is 39.8. The average molecular weight is 483 g/mol. The van der Waals surface area contributed by atoms with Gasteiger partial charge in [0, 0.05) is 15.8 Å². The number of hydrogen-bond acceptors (Lipinski definition) is 7. The number of fused-ring (bicyclic) bond motifs is 1. The van der Waals surface area contributed by atoms with Crippen LogP contribution in [0, 0.1) is 0 Å². The lowest BCUT2D eigenvalue weighted by molar-refractivity contribution is -0.126. The van der Waals surface area contributed by atoms with E-state index >= 15 is 0 Å². The minimum Gasteiger partial charge on any atom is -0.497 e. The molecule has 1 atom stereocenters. The normalized spacial score (nSPS) is 17.0. The maximum absolute atomic E-state index is 13.3. The maximum atomic E-state index is 13.3. The fourth-order valence-electron chi connectivity index (χ4n) is 3.38. The van der Waals surface area contributed by atoms with Crippen LogP contribution >= 0.6 is 23.1 Å². The van der Waals surface area contributed by atoms with Gasteiger partial charge in [0.2, 0.25) is 5.91 Å². The van der Waals surface area contributed by atoms with Gasteiger partial charge in [0.15, 0.2) is 4.75 Å². The van der Waals surface area contributed by atoms with E-state index in [9.17, 15) is 14.4 Å². The number of rotatable bonds is 6. The number of carbonyl (C=O) groups is 3. The van der Waals surface area contributed by atoms with Gasteiger partial charge in [-0.25, -0.2) is 4.79 Å². The van der Waals surface area contributed by atoms with E-state index in [-0.39, 0.29) is 12.2 Å². The molecule has 0 spiro atoms. The van der Waals surface area contributed by atoms with Gasteiger partial charge in [0.25, 0.3) is 5.91 Å². The third kappa shape index (κ3) is 4.34. The summed E-state index contributed by atoms with van der Waals surface area (Å²) in [6, 6.07) is 14.6. The lowest BCUT2D eigenvalue weighted by Crippen LogP contribution is -2.49. The highest BCUT2D eigenvalue weighted by Crippen LogP contribution is 2.44. The van der Waals surface area contributed by atoms with Crippen LogP contribution in [-0.4, -0.2) is 36.2 Å². The van der Waals surface area contributed by atoms with E-state index in [1.807, 2.05) is 30.3 Å². The number of thiophene rings is 1. The van der Waals surface area contributed by atoms with E-state index in [0.29, 0.717) is 22.0 Å². The Kier molecular flexibility index (Phi) is 6.44. The second kappa shape index (κ2) is 9.29. The molecule has 1 unspecified atom stereocenters. The molecule has 4 rings (SSSR count). The zero-order chi connectivity index (χ0) is 23.6. The number of benzene rings is 2. The molecule has 0 aliphatic carbocycles. The SMILES string of the molecule is CCOC(=O)c1c(-c2ccc(OC)cc2)csc1NC(=O)C1(C)Sc2ccccc2NC1=O. The molecule has 0 fully saturated rings. The molecule has 0 saturated carbocycles. The lowest BCUT2D eigenvalue weighted by atomic mass is 10.0. The first-order valence-electron chi connectivity index (χ1n) is 10.2. The number of ether oxygens (including phenoxy) is 2. The predicted octanol–water partition coefficient (Wildman–Crippen LogP) is 5.04. The molecule has 9 heteroatoms. The molecule has 33 heavy (non-hydrogen) atoms. The Morgan fingerprint density at radius 2 is 1.85 bits per heavy atom. The number of nitrogens with one attached hydrogen (secondary N) is 2. The van der Waals surface area contributed by atoms with Gasteiger partial charge >= 0.3 is 5.97 Å². The summed E-state index contributed by atoms with van der Waals surface area (Å²) in [7, 11) is 1.58. The summed E-state index contributed by atoms with van der Waals surface area (Å²) < 4.78 is 9.06. The second-order valence-corrected chi connectivity index (χ2v) is 9.68. The minimum atomic E-state index is -1.41. The van der Waals surface area contributed by atoms with Crippen molar-refractivity contribution in [2.24, 2.45) is 0 Å². The summed E-state index contributed by atoms with van der Waals surface area (Å²) in [6.07, 6.45) is 0. The van der Waals surface area contributed by atoms with E-state index in [0.717, 1.165) is 10.5 Å². The van der Waals surface area contributed by atoms with Crippen LogP contribution in [0.4, 0.5) is 10.7 Å². The summed E-state index contributed by atoms with van der Waals surface area (Å²) in [5.41, 5.74) is 2.33. The molecule has 2 aromatic carbocycles. The molecule has 0 saturated heterocycles. The Hall–Kier alpha value is -3.30. The molecule has 0 radical (unpaired) electrons. The van der Waals surface area contributed by atoms with E-state index < -0.39 is 22.5 Å². The van der Waals surface area contributed by atoms with Gasteiger partial charge in [0.1, 0.15) is 16.3 Å². The van der Waals surface area contributed by atoms with Gasteiger partial charge in [-0.2, -0.15) is 0 Å². The van der Waals surface area contributed by atoms with Crippen LogP contribution in [0.3, 0.4) is 0 Å². The number of para-hydroxylation sites is 1. The van der Waals surface area contributed by atoms with Crippen molar-refractivity contribution in [3.63, 3.8) is 0 Å². The zero-order valence-corrected chi connectivity index (χ0v) is 19.9. The largest absolute Gasteiger partial charge is 0.497 e. The number of anilines is 2. The first kappa shape index (κ1) is 22.9. The van der Waals surface area contributed by atoms with Crippen LogP contribution < -0.4 is 15.4 Å². The van der Waals surface area contributed by atoms with Gasteiger partial charge in [-0.3, -0.25) is 9.59 Å². The van der Waals surface area contributed by atoms with Crippen LogP contribution in [0.2, 0.25) is 0 Å². The van der Waals surface area contributed by atoms with E-state index in [2.05, 4.69) is 10.6 Å². The summed E-state index contributed by atoms with van der Waals surface area (Å²) in [5.74, 6) is -0.800. The molecule has 170 valence electrons. The van der Waals surface area contributed by atoms with Crippen molar-refractivity contribution in [2.75, 3.05) is 24.4 Å². The minimum absolute atomic E-state index is 0.191. The van der Waals surface area contributed by atoms with Crippen molar-refractivity contribution in [2.45, 2.75) is 23.5 Å². The fraction of sp³-hybridized carbons (Fsp3) is 0.208. The van der Waals surface area contributed by atoms with Crippen molar-refractivity contribution in [1.82, 2.24) is 0 Å². The Labute approximate surface area is 199 Å². The van der Waals surface area contributed by atoms with Crippen LogP contribution in [0.5, 0.6) is 5.75 Å². The van der Waals surface area contributed by atoms with Gasteiger partial charge < -0.3 is 20.1 Å². The van der Waals surface area contributed by atoms with E-state index in [4.69, 9.17) is 9.47 Å². The molecule has 2 amide bonds. The van der Waals surface area contributed by atoms with Gasteiger partial charge in [-0.05, 0) is 43.7 Å². The number of thioether (sulfide) groups is 1. The van der Waals surface area contributed by atoms with Crippen LogP contribution in [0.15, 0.2) is 58.8 Å². The first-order chi connectivity index (χ1) is 15.9. The summed E-state index contributed by atoms with van der Waals surface area (Å²) in [5, 5.41) is 7.72. The number of carbonyl (C=O) groups excluding carboxylic acids is 3. The third-order valence-corrected chi connectivity index (χ3v) is 7.46. The molecule has 3 aromatic rings. The van der Waals surface area contributed by atoms with Crippen molar-refractivity contribution in [1.29, 1.82) is 0 Å². The van der Waals surface area contributed by atoms with Gasteiger partial charge in [0.05, 0.1) is 19.4 Å². The molecule has 2 heterocycles. The molecular formula is C24H22N2O5S2. The second-order valence-electron chi connectivity index (χ2n) is 7.34. The van der Waals surface area contributed by atoms with Crippen LogP contribution in [-0.2, 0) is 14.3 Å². The standard InChI is InChI=1S/C24H22N2O5S2/c1-4-31-21(27)19-16(14-9-11-15(30-3)12-10-14)13-32-20(19)26-23(29)24(2)22(28)25-17-7-5-6-8-18(17)33-24/h5-13H,4H2,1-3H3,(H,25,28)(H,26,29). The van der Waals surface area contributed by atoms with Crippen molar-refractivity contribution >= 4 is 51.6 Å². The first-order valence-corrected chi connectivity index (χ1v) is 11.9. The van der Waals surface area contributed by atoms with E-state index in [1.54, 1.807) is 44.5 Å². The summed E-state index contributed by atoms with van der Waals surface area (Å²) in [6.45, 7) is 3.48. The van der Waals surface area contributed by atoms with Crippen LogP contribution in [0.25, 0.3) is 11.1 Å². The molecular weight excluding hydrogens is 460 g/mol. The van der Waals surface area contributed by atoms with Crippen molar-refractivity contribution < 1.29 is 23.9 Å². The third-order valence-electron chi connectivity index (χ3n) is 5.21. The number of esters is 1. The molecule has 0 bridgehead atoms. The quantitative estimate of drug-likeness (QED) is 0.378. The van der Waals surface area contributed by atoms with Crippen molar-refractivity contribution in [3.8, 4) is 16.9 Å². The molecule has 2 N–H and O–H groups in total. The Bertz CT molecular complexity index is 1220. The smallest absolute Gasteiger partial charge is 0.341 e. The highest BCUT2D eigenvalue weighted by atomic mass is 32.2. The van der Waals surface area contributed by atoms with E-state index in [1.165, 1.54) is 23.1 Å². The molecule has 1 aliphatic rings. The predicted molar refractivity (Wildman–Crippen MR) is 130 cm³/mol. The monoisotopic (exact) mass is 482 g/mol. The van der Waals surface area contributed by atoms with Gasteiger partial charge in [-0.15, -0.1) is 11.3 Å². The van der Waals surface area contributed by atoms with Crippen molar-refractivity contribution in [3.05, 3.63) is 59.5 Å². The van der Waals surface area contributed by atoms with Crippen LogP contribution in [0.1, 0.15) is 24.2 Å². The molecule has 1 aromatic heterocycles. The average Bonchev–Trinajstić information content (AvgIpc) is 3.23. The maximum Gasteiger partial charge on any atom is 0.341 e. The topological polar surface area (TPSA) is 93.7 Å². The van der Waals surface area contributed by atoms with Gasteiger partial charge in [-0.1, -0.05) is 36.0 Å². The number of methoxy groups -OCH3 is 1. The molecule has 7 nitrogen and oxygen atoms in total. The summed E-state index contributed by atoms with van der Waals surface area (Å²) >= 11 is 2.39. The number of amides is 2. The Balaban J connectivity index is 1.67. The Morgan fingerprint density at radius 1 is 1.12 bits per heavy atom. The fourth-order valence-corrected chi connectivity index (χ4v) is 5.43. The number of hydrogen-bond donors (Lipinski definition) is 2.